The molecule has 3 aromatic heterocycles. The molecule has 1 aliphatic carbocycles. The summed E-state index contributed by atoms with van der Waals surface area (Å²) in [5.41, 5.74) is 2.23. The number of allylic oxidation sites excluding steroid dienone is 1. The van der Waals surface area contributed by atoms with Crippen molar-refractivity contribution in [3.8, 4) is 0 Å². The van der Waals surface area contributed by atoms with Gasteiger partial charge in [-0.05, 0) is 49.1 Å². The summed E-state index contributed by atoms with van der Waals surface area (Å²) in [6, 6.07) is 15.0. The number of rotatable bonds is 7. The molecule has 0 radical (unpaired) electrons. The van der Waals surface area contributed by atoms with Crippen molar-refractivity contribution in [2.24, 2.45) is 5.92 Å². The summed E-state index contributed by atoms with van der Waals surface area (Å²) in [6.07, 6.45) is 10.8. The number of hydrogen-bond acceptors (Lipinski definition) is 7. The summed E-state index contributed by atoms with van der Waals surface area (Å²) >= 11 is -1.25. The predicted octanol–water partition coefficient (Wildman–Crippen LogP) is 4.81. The topological polar surface area (TPSA) is 114 Å². The maximum absolute atomic E-state index is 14.1. The third-order valence-corrected chi connectivity index (χ3v) is 9.27. The molecule has 38 heavy (non-hydrogen) atoms. The van der Waals surface area contributed by atoms with E-state index in [9.17, 15) is 17.8 Å². The third kappa shape index (κ3) is 4.99. The number of aromatic nitrogens is 3. The van der Waals surface area contributed by atoms with E-state index in [-0.39, 0.29) is 22.0 Å². The minimum Gasteiger partial charge on any atom is -0.610 e. The molecule has 1 aliphatic rings. The van der Waals surface area contributed by atoms with Gasteiger partial charge in [-0.1, -0.05) is 37.1 Å². The Kier molecular flexibility index (Phi) is 7.38. The summed E-state index contributed by atoms with van der Waals surface area (Å²) in [7, 11) is -2.79. The van der Waals surface area contributed by atoms with E-state index in [4.69, 9.17) is 4.74 Å². The van der Waals surface area contributed by atoms with Gasteiger partial charge < -0.3 is 9.29 Å². The molecule has 1 saturated carbocycles. The van der Waals surface area contributed by atoms with Gasteiger partial charge in [0.05, 0.1) is 23.3 Å². The molecule has 8 nitrogen and oxygen atoms in total. The van der Waals surface area contributed by atoms with Gasteiger partial charge in [-0.15, -0.1) is 0 Å². The Balaban J connectivity index is 1.79. The van der Waals surface area contributed by atoms with Crippen molar-refractivity contribution < 1.29 is 22.5 Å². The van der Waals surface area contributed by atoms with Crippen LogP contribution < -0.4 is 0 Å². The van der Waals surface area contributed by atoms with E-state index < -0.39 is 27.2 Å². The van der Waals surface area contributed by atoms with Crippen LogP contribution in [0.4, 0.5) is 0 Å². The van der Waals surface area contributed by atoms with Crippen LogP contribution in [0, 0.1) is 5.92 Å². The highest BCUT2D eigenvalue weighted by Crippen LogP contribution is 2.36. The molecule has 1 aromatic carbocycles. The summed E-state index contributed by atoms with van der Waals surface area (Å²) in [6.45, 7) is 0. The molecule has 0 saturated heterocycles. The number of benzene rings is 1. The zero-order chi connectivity index (χ0) is 26.9. The van der Waals surface area contributed by atoms with E-state index in [1.807, 2.05) is 6.07 Å². The van der Waals surface area contributed by atoms with Crippen LogP contribution in [0.25, 0.3) is 16.6 Å². The molecule has 1 unspecified atom stereocenters. The number of nitrogens with zero attached hydrogens (tertiary/aromatic N) is 3. The number of hydrogen-bond donors (Lipinski definition) is 0. The molecular weight excluding hydrogens is 522 g/mol. The lowest BCUT2D eigenvalue weighted by molar-refractivity contribution is 0.0600. The van der Waals surface area contributed by atoms with E-state index in [1.165, 1.54) is 17.3 Å². The van der Waals surface area contributed by atoms with Crippen molar-refractivity contribution in [1.82, 2.24) is 13.9 Å². The average Bonchev–Trinajstić information content (AvgIpc) is 3.59. The van der Waals surface area contributed by atoms with Gasteiger partial charge in [0.2, 0.25) is 5.03 Å². The second kappa shape index (κ2) is 10.7. The van der Waals surface area contributed by atoms with Crippen LogP contribution in [0.3, 0.4) is 0 Å². The maximum atomic E-state index is 14.1. The van der Waals surface area contributed by atoms with Gasteiger partial charge >= 0.3 is 5.97 Å². The fourth-order valence-electron chi connectivity index (χ4n) is 4.83. The first-order valence-electron chi connectivity index (χ1n) is 12.2. The molecule has 0 aliphatic heterocycles. The molecular formula is C28H27N3O5S2. The Morgan fingerprint density at radius 1 is 1.05 bits per heavy atom. The number of pyridine rings is 2. The lowest BCUT2D eigenvalue weighted by Gasteiger charge is -2.16. The Labute approximate surface area is 224 Å². The van der Waals surface area contributed by atoms with Crippen LogP contribution in [-0.4, -0.2) is 46.2 Å². The third-order valence-electron chi connectivity index (χ3n) is 6.72. The van der Waals surface area contributed by atoms with Gasteiger partial charge in [-0.25, -0.2) is 27.2 Å². The average molecular weight is 550 g/mol. The van der Waals surface area contributed by atoms with Crippen molar-refractivity contribution in [2.75, 3.05) is 13.4 Å². The van der Waals surface area contributed by atoms with Crippen molar-refractivity contribution in [3.05, 3.63) is 89.9 Å². The first-order valence-corrected chi connectivity index (χ1v) is 15.2. The van der Waals surface area contributed by atoms with Gasteiger partial charge in [-0.2, -0.15) is 0 Å². The molecule has 10 heteroatoms. The first-order chi connectivity index (χ1) is 18.3. The lowest BCUT2D eigenvalue weighted by atomic mass is 9.97. The minimum absolute atomic E-state index is 0.118. The molecule has 0 amide bonds. The number of methoxy groups -OCH3 is 1. The monoisotopic (exact) mass is 549 g/mol. The molecule has 196 valence electrons. The molecule has 3 heterocycles. The zero-order valence-electron chi connectivity index (χ0n) is 21.0. The Bertz CT molecular complexity index is 1610. The zero-order valence-corrected chi connectivity index (χ0v) is 22.7. The van der Waals surface area contributed by atoms with Gasteiger partial charge in [0.1, 0.15) is 6.26 Å². The molecule has 1 fully saturated rings. The standard InChI is InChI=1S/C28H27N3O5S2/c1-36-28(32)22-15-21-16-25(31(27(21)30-18-22)38(34,35)23-10-4-3-5-11-23)24(14-19-8-6-7-9-19)20-12-13-26(29-17-20)37(2)33/h3-5,10-19H,6-9H2,1-2H3/b24-14+. The largest absolute Gasteiger partial charge is 0.610 e. The number of esters is 1. The Morgan fingerprint density at radius 3 is 2.39 bits per heavy atom. The smallest absolute Gasteiger partial charge is 0.339 e. The summed E-state index contributed by atoms with van der Waals surface area (Å²) in [5.74, 6) is -0.289. The fraction of sp³-hybridized carbons (Fsp3) is 0.250. The van der Waals surface area contributed by atoms with Gasteiger partial charge in [0, 0.05) is 46.2 Å². The van der Waals surface area contributed by atoms with E-state index in [0.717, 1.165) is 25.7 Å². The van der Waals surface area contributed by atoms with Gasteiger partial charge in [0.25, 0.3) is 10.0 Å². The SMILES string of the molecule is COC(=O)c1cnc2c(c1)cc(/C(=C/C1CCCC1)c1ccc([S+](C)[O-])nc1)n2S(=O)(=O)c1ccccc1. The quantitative estimate of drug-likeness (QED) is 0.240. The molecule has 4 aromatic rings. The number of ether oxygens (including phenoxy) is 1. The Hall–Kier alpha value is -3.47. The molecule has 0 bridgehead atoms. The first kappa shape index (κ1) is 26.1. The van der Waals surface area contributed by atoms with Crippen LogP contribution in [0.1, 0.15) is 47.3 Å². The van der Waals surface area contributed by atoms with Gasteiger partial charge in [0.15, 0.2) is 5.65 Å². The van der Waals surface area contributed by atoms with Crippen LogP contribution in [0.15, 0.2) is 83.0 Å². The van der Waals surface area contributed by atoms with Crippen LogP contribution in [0.2, 0.25) is 0 Å². The number of carbonyl (C=O) groups excluding carboxylic acids is 1. The fourth-order valence-corrected chi connectivity index (χ4v) is 6.79. The van der Waals surface area contributed by atoms with Crippen LogP contribution in [0.5, 0.6) is 0 Å². The molecule has 5 rings (SSSR count). The highest BCUT2D eigenvalue weighted by atomic mass is 32.2. The lowest BCUT2D eigenvalue weighted by Crippen LogP contribution is -2.17. The van der Waals surface area contributed by atoms with Crippen molar-refractivity contribution in [3.63, 3.8) is 0 Å². The van der Waals surface area contributed by atoms with Crippen molar-refractivity contribution in [1.29, 1.82) is 0 Å². The van der Waals surface area contributed by atoms with Crippen LogP contribution >= 0.6 is 0 Å². The number of carbonyl (C=O) groups is 1. The minimum atomic E-state index is -4.07. The second-order valence-electron chi connectivity index (χ2n) is 9.20. The summed E-state index contributed by atoms with van der Waals surface area (Å²) in [5, 5.41) is 0.926. The van der Waals surface area contributed by atoms with E-state index in [0.29, 0.717) is 27.2 Å². The highest BCUT2D eigenvalue weighted by molar-refractivity contribution is 7.90. The summed E-state index contributed by atoms with van der Waals surface area (Å²) in [4.78, 5) is 21.1. The molecule has 0 N–H and O–H groups in total. The second-order valence-corrected chi connectivity index (χ2v) is 12.3. The van der Waals surface area contributed by atoms with Crippen molar-refractivity contribution in [2.45, 2.75) is 35.6 Å². The number of fused-ring (bicyclic) bond motifs is 1. The summed E-state index contributed by atoms with van der Waals surface area (Å²) < 4.78 is 46.2. The van der Waals surface area contributed by atoms with Crippen LogP contribution in [-0.2, 0) is 25.9 Å². The van der Waals surface area contributed by atoms with E-state index >= 15 is 0 Å². The van der Waals surface area contributed by atoms with E-state index in [1.54, 1.807) is 61.0 Å². The molecule has 1 atom stereocenters. The predicted molar refractivity (Wildman–Crippen MR) is 146 cm³/mol. The van der Waals surface area contributed by atoms with Crippen molar-refractivity contribution >= 4 is 43.8 Å². The normalized spacial score (nSPS) is 15.6. The van der Waals surface area contributed by atoms with E-state index in [2.05, 4.69) is 16.0 Å². The molecule has 0 spiro atoms. The Morgan fingerprint density at radius 2 is 1.76 bits per heavy atom. The maximum Gasteiger partial charge on any atom is 0.339 e. The van der Waals surface area contributed by atoms with Gasteiger partial charge in [-0.3, -0.25) is 0 Å². The highest BCUT2D eigenvalue weighted by Gasteiger charge is 2.28.